The number of hydrogen-bond donors (Lipinski definition) is 1. The van der Waals surface area contributed by atoms with E-state index in [2.05, 4.69) is 16.0 Å². The third kappa shape index (κ3) is 1.79. The van der Waals surface area contributed by atoms with E-state index in [0.717, 1.165) is 22.3 Å². The zero-order chi connectivity index (χ0) is 11.7. The van der Waals surface area contributed by atoms with Gasteiger partial charge in [-0.1, -0.05) is 18.2 Å². The Morgan fingerprint density at radius 3 is 2.88 bits per heavy atom. The van der Waals surface area contributed by atoms with E-state index >= 15 is 0 Å². The quantitative estimate of drug-likeness (QED) is 0.723. The Kier molecular flexibility index (Phi) is 2.34. The van der Waals surface area contributed by atoms with Crippen molar-refractivity contribution < 1.29 is 0 Å². The van der Waals surface area contributed by atoms with Crippen LogP contribution >= 0.6 is 0 Å². The largest absolute Gasteiger partial charge is 0.325 e. The maximum Gasteiger partial charge on any atom is 0.0996 e. The molecule has 3 rings (SSSR count). The maximum absolute atomic E-state index is 5.54. The van der Waals surface area contributed by atoms with E-state index in [0.29, 0.717) is 6.54 Å². The number of fused-ring (bicyclic) bond motifs is 1. The second-order valence-corrected chi connectivity index (χ2v) is 3.86. The summed E-state index contributed by atoms with van der Waals surface area (Å²) in [6, 6.07) is 10.1. The molecule has 0 unspecified atom stereocenters. The zero-order valence-electron chi connectivity index (χ0n) is 9.24. The van der Waals surface area contributed by atoms with Gasteiger partial charge in [0.25, 0.3) is 0 Å². The number of aromatic nitrogens is 3. The Balaban J connectivity index is 2.11. The van der Waals surface area contributed by atoms with Gasteiger partial charge in [-0.25, -0.2) is 4.98 Å². The third-order valence-electron chi connectivity index (χ3n) is 2.72. The molecule has 2 aromatic heterocycles. The topological polar surface area (TPSA) is 56.7 Å². The van der Waals surface area contributed by atoms with Crippen LogP contribution in [0, 0.1) is 0 Å². The number of pyridine rings is 1. The first-order valence-electron chi connectivity index (χ1n) is 5.45. The van der Waals surface area contributed by atoms with E-state index in [1.54, 1.807) is 6.33 Å². The summed E-state index contributed by atoms with van der Waals surface area (Å²) in [5, 5.41) is 1.12. The lowest BCUT2D eigenvalue weighted by Crippen LogP contribution is -1.96. The van der Waals surface area contributed by atoms with Gasteiger partial charge in [0.2, 0.25) is 0 Å². The lowest BCUT2D eigenvalue weighted by Gasteiger charge is -2.03. The normalized spacial score (nSPS) is 10.9. The fourth-order valence-electron chi connectivity index (χ4n) is 1.81. The van der Waals surface area contributed by atoms with Gasteiger partial charge in [0.15, 0.2) is 0 Å². The first-order valence-corrected chi connectivity index (χ1v) is 5.45. The van der Waals surface area contributed by atoms with E-state index in [9.17, 15) is 0 Å². The molecule has 2 heterocycles. The Hall–Kier alpha value is -2.20. The van der Waals surface area contributed by atoms with Crippen LogP contribution in [-0.2, 0) is 6.54 Å². The molecule has 2 N–H and O–H groups in total. The Labute approximate surface area is 98.7 Å². The van der Waals surface area contributed by atoms with Crippen molar-refractivity contribution in [3.63, 3.8) is 0 Å². The van der Waals surface area contributed by atoms with Crippen LogP contribution < -0.4 is 5.73 Å². The highest BCUT2D eigenvalue weighted by molar-refractivity contribution is 5.80. The summed E-state index contributed by atoms with van der Waals surface area (Å²) in [5.74, 6) is 0. The van der Waals surface area contributed by atoms with Gasteiger partial charge in [-0.3, -0.25) is 4.98 Å². The van der Waals surface area contributed by atoms with Crippen molar-refractivity contribution in [1.29, 1.82) is 0 Å². The highest BCUT2D eigenvalue weighted by Crippen LogP contribution is 2.15. The Bertz CT molecular complexity index is 657. The van der Waals surface area contributed by atoms with Crippen molar-refractivity contribution in [1.82, 2.24) is 14.5 Å². The average Bonchev–Trinajstić information content (AvgIpc) is 2.87. The van der Waals surface area contributed by atoms with Gasteiger partial charge in [0, 0.05) is 18.1 Å². The Morgan fingerprint density at radius 1 is 1.18 bits per heavy atom. The third-order valence-corrected chi connectivity index (χ3v) is 2.72. The second kappa shape index (κ2) is 3.99. The molecule has 1 aromatic carbocycles. The summed E-state index contributed by atoms with van der Waals surface area (Å²) in [4.78, 5) is 8.61. The van der Waals surface area contributed by atoms with Crippen molar-refractivity contribution in [2.45, 2.75) is 6.54 Å². The first-order chi connectivity index (χ1) is 8.36. The van der Waals surface area contributed by atoms with E-state index < -0.39 is 0 Å². The first kappa shape index (κ1) is 9.99. The van der Waals surface area contributed by atoms with E-state index in [1.807, 2.05) is 41.2 Å². The van der Waals surface area contributed by atoms with Gasteiger partial charge >= 0.3 is 0 Å². The molecule has 0 saturated carbocycles. The van der Waals surface area contributed by atoms with Gasteiger partial charge in [-0.15, -0.1) is 0 Å². The molecule has 0 aliphatic carbocycles. The van der Waals surface area contributed by atoms with Crippen LogP contribution in [-0.4, -0.2) is 14.5 Å². The molecule has 0 aliphatic heterocycles. The van der Waals surface area contributed by atoms with E-state index in [1.165, 1.54) is 0 Å². The molecule has 4 nitrogen and oxygen atoms in total. The van der Waals surface area contributed by atoms with Crippen LogP contribution in [0.15, 0.2) is 49.1 Å². The van der Waals surface area contributed by atoms with Crippen LogP contribution in [0.4, 0.5) is 0 Å². The van der Waals surface area contributed by atoms with Gasteiger partial charge in [-0.05, 0) is 12.1 Å². The number of nitrogens with zero attached hydrogens (tertiary/aromatic N) is 3. The van der Waals surface area contributed by atoms with Crippen molar-refractivity contribution in [3.05, 3.63) is 54.7 Å². The molecular weight excluding hydrogens is 212 g/mol. The van der Waals surface area contributed by atoms with Crippen LogP contribution in [0.2, 0.25) is 0 Å². The van der Waals surface area contributed by atoms with Crippen molar-refractivity contribution in [3.8, 4) is 5.69 Å². The van der Waals surface area contributed by atoms with Gasteiger partial charge in [0.1, 0.15) is 0 Å². The highest BCUT2D eigenvalue weighted by Gasteiger charge is 2.01. The molecule has 84 valence electrons. The Morgan fingerprint density at radius 2 is 2.06 bits per heavy atom. The van der Waals surface area contributed by atoms with Gasteiger partial charge in [-0.2, -0.15) is 0 Å². The molecule has 4 heteroatoms. The number of hydrogen-bond acceptors (Lipinski definition) is 3. The molecule has 0 amide bonds. The van der Waals surface area contributed by atoms with E-state index in [4.69, 9.17) is 5.73 Å². The summed E-state index contributed by atoms with van der Waals surface area (Å²) in [5.41, 5.74) is 8.41. The number of nitrogens with two attached hydrogens (primary N) is 1. The van der Waals surface area contributed by atoms with Gasteiger partial charge in [0.05, 0.1) is 29.4 Å². The smallest absolute Gasteiger partial charge is 0.0996 e. The summed E-state index contributed by atoms with van der Waals surface area (Å²) >= 11 is 0. The highest BCUT2D eigenvalue weighted by atomic mass is 15.0. The molecule has 0 radical (unpaired) electrons. The van der Waals surface area contributed by atoms with Crippen molar-refractivity contribution in [2.75, 3.05) is 0 Å². The number of rotatable bonds is 2. The molecule has 0 atom stereocenters. The summed E-state index contributed by atoms with van der Waals surface area (Å²) < 4.78 is 1.93. The van der Waals surface area contributed by atoms with Crippen molar-refractivity contribution >= 4 is 10.9 Å². The molecular formula is C13H12N4. The molecule has 3 aromatic rings. The van der Waals surface area contributed by atoms with Crippen LogP contribution in [0.1, 0.15) is 5.69 Å². The number of para-hydroxylation sites is 1. The minimum Gasteiger partial charge on any atom is -0.325 e. The van der Waals surface area contributed by atoms with Gasteiger partial charge < -0.3 is 10.3 Å². The fourth-order valence-corrected chi connectivity index (χ4v) is 1.81. The van der Waals surface area contributed by atoms with Crippen LogP contribution in [0.3, 0.4) is 0 Å². The predicted octanol–water partition coefficient (Wildman–Crippen LogP) is 1.88. The van der Waals surface area contributed by atoms with Crippen LogP contribution in [0.5, 0.6) is 0 Å². The monoisotopic (exact) mass is 224 g/mol. The summed E-state index contributed by atoms with van der Waals surface area (Å²) in [7, 11) is 0. The molecule has 0 saturated heterocycles. The predicted molar refractivity (Wildman–Crippen MR) is 66.8 cm³/mol. The maximum atomic E-state index is 5.54. The van der Waals surface area contributed by atoms with Crippen molar-refractivity contribution in [2.24, 2.45) is 5.73 Å². The fraction of sp³-hybridized carbons (Fsp3) is 0.0769. The standard InChI is InChI=1S/C13H12N4/c14-6-11-8-17(9-16-11)12-5-10-3-1-2-4-13(10)15-7-12/h1-5,7-9H,6,14H2. The minimum atomic E-state index is 0.452. The van der Waals surface area contributed by atoms with Crippen LogP contribution in [0.25, 0.3) is 16.6 Å². The SMILES string of the molecule is NCc1cn(-c2cnc3ccccc3c2)cn1. The zero-order valence-corrected chi connectivity index (χ0v) is 9.24. The summed E-state index contributed by atoms with van der Waals surface area (Å²) in [6.07, 6.45) is 5.52. The molecule has 17 heavy (non-hydrogen) atoms. The number of benzene rings is 1. The molecule has 0 bridgehead atoms. The average molecular weight is 224 g/mol. The minimum absolute atomic E-state index is 0.452. The summed E-state index contributed by atoms with van der Waals surface area (Å²) in [6.45, 7) is 0.452. The molecule has 0 aliphatic rings. The lowest BCUT2D eigenvalue weighted by molar-refractivity contribution is 1.01. The number of imidazole rings is 1. The molecule has 0 spiro atoms. The van der Waals surface area contributed by atoms with E-state index in [-0.39, 0.29) is 0 Å². The molecule has 0 fully saturated rings. The second-order valence-electron chi connectivity index (χ2n) is 3.86. The lowest BCUT2D eigenvalue weighted by atomic mass is 10.2.